The molecule has 2 bridgehead atoms. The molecular weight excluding hydrogens is 360 g/mol. The van der Waals surface area contributed by atoms with Gasteiger partial charge in [0.1, 0.15) is 11.6 Å². The molecule has 0 radical (unpaired) electrons. The standard InChI is InChI=1S/C22H31F2N3O/c23-19-7-2-8-20(24)18(19)13-27-9-3-6-17(12-27)26-22(28)16-10-14-4-1-5-15(11-16)21(14)25/h2,7-8,14-17,21H,1,3-6,9-13,25H2,(H,26,28). The molecule has 2 aliphatic carbocycles. The second kappa shape index (κ2) is 8.46. The zero-order valence-electron chi connectivity index (χ0n) is 16.4. The van der Waals surface area contributed by atoms with Crippen LogP contribution in [0, 0.1) is 29.4 Å². The van der Waals surface area contributed by atoms with Crippen LogP contribution in [0.5, 0.6) is 0 Å². The smallest absolute Gasteiger partial charge is 0.223 e. The number of hydrogen-bond acceptors (Lipinski definition) is 3. The van der Waals surface area contributed by atoms with E-state index in [1.54, 1.807) is 0 Å². The van der Waals surface area contributed by atoms with Crippen molar-refractivity contribution in [2.24, 2.45) is 23.5 Å². The molecule has 3 unspecified atom stereocenters. The van der Waals surface area contributed by atoms with Crippen LogP contribution < -0.4 is 11.1 Å². The fourth-order valence-electron chi connectivity index (χ4n) is 5.55. The number of nitrogens with one attached hydrogen (secondary N) is 1. The van der Waals surface area contributed by atoms with Crippen molar-refractivity contribution in [3.63, 3.8) is 0 Å². The van der Waals surface area contributed by atoms with E-state index in [1.165, 1.54) is 24.6 Å². The summed E-state index contributed by atoms with van der Waals surface area (Å²) in [5, 5.41) is 3.23. The lowest BCUT2D eigenvalue weighted by Crippen LogP contribution is -2.52. The van der Waals surface area contributed by atoms with E-state index in [9.17, 15) is 13.6 Å². The minimum Gasteiger partial charge on any atom is -0.352 e. The number of likely N-dealkylation sites (tertiary alicyclic amines) is 1. The topological polar surface area (TPSA) is 58.4 Å². The van der Waals surface area contributed by atoms with Crippen molar-refractivity contribution >= 4 is 5.91 Å². The van der Waals surface area contributed by atoms with E-state index in [0.29, 0.717) is 18.4 Å². The average Bonchev–Trinajstić information content (AvgIpc) is 2.65. The molecule has 1 aromatic carbocycles. The third kappa shape index (κ3) is 4.23. The van der Waals surface area contributed by atoms with Gasteiger partial charge in [-0.15, -0.1) is 0 Å². The zero-order valence-corrected chi connectivity index (χ0v) is 16.4. The van der Waals surface area contributed by atoms with Gasteiger partial charge in [0, 0.05) is 36.7 Å². The van der Waals surface area contributed by atoms with Crippen molar-refractivity contribution in [3.05, 3.63) is 35.4 Å². The van der Waals surface area contributed by atoms with Gasteiger partial charge in [-0.3, -0.25) is 9.69 Å². The normalized spacial score (nSPS) is 33.5. The largest absolute Gasteiger partial charge is 0.352 e. The molecule has 1 heterocycles. The van der Waals surface area contributed by atoms with E-state index < -0.39 is 11.6 Å². The Labute approximate surface area is 165 Å². The van der Waals surface area contributed by atoms with Crippen LogP contribution in [0.4, 0.5) is 8.78 Å². The van der Waals surface area contributed by atoms with Crippen LogP contribution in [0.1, 0.15) is 50.5 Å². The summed E-state index contributed by atoms with van der Waals surface area (Å²) in [7, 11) is 0. The number of nitrogens with two attached hydrogens (primary N) is 1. The summed E-state index contributed by atoms with van der Waals surface area (Å²) >= 11 is 0. The van der Waals surface area contributed by atoms with Gasteiger partial charge in [0.15, 0.2) is 0 Å². The van der Waals surface area contributed by atoms with E-state index in [2.05, 4.69) is 5.32 Å². The molecule has 1 aliphatic heterocycles. The monoisotopic (exact) mass is 391 g/mol. The first kappa shape index (κ1) is 19.8. The second-order valence-corrected chi connectivity index (χ2v) is 8.98. The van der Waals surface area contributed by atoms with Crippen molar-refractivity contribution < 1.29 is 13.6 Å². The molecule has 0 spiro atoms. The van der Waals surface area contributed by atoms with Crippen molar-refractivity contribution in [2.75, 3.05) is 13.1 Å². The number of piperidine rings is 1. The number of fused-ring (bicyclic) bond motifs is 2. The molecule has 2 saturated carbocycles. The predicted molar refractivity (Wildman–Crippen MR) is 104 cm³/mol. The summed E-state index contributed by atoms with van der Waals surface area (Å²) in [4.78, 5) is 14.9. The number of amides is 1. The zero-order chi connectivity index (χ0) is 19.7. The van der Waals surface area contributed by atoms with Gasteiger partial charge in [-0.2, -0.15) is 0 Å². The summed E-state index contributed by atoms with van der Waals surface area (Å²) in [5.41, 5.74) is 6.46. The molecule has 0 aromatic heterocycles. The number of carbonyl (C=O) groups excluding carboxylic acids is 1. The first-order valence-corrected chi connectivity index (χ1v) is 10.7. The average molecular weight is 392 g/mol. The molecular formula is C22H31F2N3O. The van der Waals surface area contributed by atoms with Crippen LogP contribution in [-0.2, 0) is 11.3 Å². The maximum absolute atomic E-state index is 14.0. The van der Waals surface area contributed by atoms with Crippen LogP contribution in [-0.4, -0.2) is 36.0 Å². The SMILES string of the molecule is NC1C2CCCC1CC(C(=O)NC1CCCN(Cc3c(F)cccc3F)C1)C2. The number of benzene rings is 1. The number of nitrogens with zero attached hydrogens (tertiary/aromatic N) is 1. The molecule has 3 N–H and O–H groups in total. The van der Waals surface area contributed by atoms with Crippen LogP contribution >= 0.6 is 0 Å². The number of rotatable bonds is 4. The Morgan fingerprint density at radius 2 is 1.79 bits per heavy atom. The van der Waals surface area contributed by atoms with Gasteiger partial charge in [0.05, 0.1) is 0 Å². The summed E-state index contributed by atoms with van der Waals surface area (Å²) < 4.78 is 27.9. The van der Waals surface area contributed by atoms with Gasteiger partial charge in [-0.1, -0.05) is 12.5 Å². The highest BCUT2D eigenvalue weighted by molar-refractivity contribution is 5.79. The molecule has 154 valence electrons. The first-order valence-electron chi connectivity index (χ1n) is 10.7. The maximum atomic E-state index is 14.0. The lowest BCUT2D eigenvalue weighted by molar-refractivity contribution is -0.129. The molecule has 4 rings (SSSR count). The first-order chi connectivity index (χ1) is 13.5. The van der Waals surface area contributed by atoms with Crippen LogP contribution in [0.3, 0.4) is 0 Å². The summed E-state index contributed by atoms with van der Waals surface area (Å²) in [5.74, 6) is 0.167. The van der Waals surface area contributed by atoms with Gasteiger partial charge in [-0.05, 0) is 69.0 Å². The number of halogens is 2. The third-order valence-electron chi connectivity index (χ3n) is 7.08. The van der Waals surface area contributed by atoms with E-state index in [0.717, 1.165) is 45.1 Å². The Balaban J connectivity index is 1.33. The maximum Gasteiger partial charge on any atom is 0.223 e. The van der Waals surface area contributed by atoms with E-state index >= 15 is 0 Å². The minimum atomic E-state index is -0.503. The van der Waals surface area contributed by atoms with Gasteiger partial charge in [-0.25, -0.2) is 8.78 Å². The molecule has 3 fully saturated rings. The fourth-order valence-corrected chi connectivity index (χ4v) is 5.55. The lowest BCUT2D eigenvalue weighted by atomic mass is 9.65. The Bertz CT molecular complexity index is 679. The van der Waals surface area contributed by atoms with E-state index in [4.69, 9.17) is 5.73 Å². The fraction of sp³-hybridized carbons (Fsp3) is 0.682. The molecule has 1 amide bonds. The highest BCUT2D eigenvalue weighted by Crippen LogP contribution is 2.42. The Morgan fingerprint density at radius 1 is 1.11 bits per heavy atom. The Hall–Kier alpha value is -1.53. The third-order valence-corrected chi connectivity index (χ3v) is 7.08. The Morgan fingerprint density at radius 3 is 2.46 bits per heavy atom. The quantitative estimate of drug-likeness (QED) is 0.829. The molecule has 1 saturated heterocycles. The number of carbonyl (C=O) groups is 1. The molecule has 3 aliphatic rings. The lowest BCUT2D eigenvalue weighted by Gasteiger charge is -2.44. The van der Waals surface area contributed by atoms with E-state index in [1.807, 2.05) is 4.90 Å². The molecule has 3 atom stereocenters. The summed E-state index contributed by atoms with van der Waals surface area (Å²) in [6.45, 7) is 1.68. The molecule has 6 heteroatoms. The van der Waals surface area contributed by atoms with Crippen LogP contribution in [0.2, 0.25) is 0 Å². The summed E-state index contributed by atoms with van der Waals surface area (Å²) in [6.07, 6.45) is 7.17. The summed E-state index contributed by atoms with van der Waals surface area (Å²) in [6, 6.07) is 4.29. The molecule has 1 aromatic rings. The van der Waals surface area contributed by atoms with Crippen LogP contribution in [0.15, 0.2) is 18.2 Å². The second-order valence-electron chi connectivity index (χ2n) is 8.98. The van der Waals surface area contributed by atoms with Crippen molar-refractivity contribution in [1.29, 1.82) is 0 Å². The van der Waals surface area contributed by atoms with Gasteiger partial charge in [0.2, 0.25) is 5.91 Å². The van der Waals surface area contributed by atoms with Gasteiger partial charge in [0.25, 0.3) is 0 Å². The predicted octanol–water partition coefficient (Wildman–Crippen LogP) is 3.20. The molecule has 4 nitrogen and oxygen atoms in total. The van der Waals surface area contributed by atoms with Crippen LogP contribution in [0.25, 0.3) is 0 Å². The van der Waals surface area contributed by atoms with Gasteiger partial charge < -0.3 is 11.1 Å². The van der Waals surface area contributed by atoms with Crippen molar-refractivity contribution in [3.8, 4) is 0 Å². The number of hydrogen-bond donors (Lipinski definition) is 2. The van der Waals surface area contributed by atoms with Crippen molar-refractivity contribution in [2.45, 2.75) is 63.6 Å². The minimum absolute atomic E-state index is 0.0477. The van der Waals surface area contributed by atoms with E-state index in [-0.39, 0.29) is 36.0 Å². The van der Waals surface area contributed by atoms with Gasteiger partial charge >= 0.3 is 0 Å². The highest BCUT2D eigenvalue weighted by atomic mass is 19.1. The van der Waals surface area contributed by atoms with Crippen molar-refractivity contribution in [1.82, 2.24) is 10.2 Å². The highest BCUT2D eigenvalue weighted by Gasteiger charge is 2.41. The molecule has 28 heavy (non-hydrogen) atoms. The Kier molecular flexibility index (Phi) is 5.97.